The van der Waals surface area contributed by atoms with Crippen LogP contribution in [0.4, 0.5) is 0 Å². The van der Waals surface area contributed by atoms with Crippen LogP contribution < -0.4 is 10.6 Å². The number of carbonyl (C=O) groups is 2. The lowest BCUT2D eigenvalue weighted by atomic mass is 9.82. The largest absolute Gasteiger partial charge is 0.478 e. The van der Waals surface area contributed by atoms with Crippen molar-refractivity contribution in [1.29, 1.82) is 0 Å². The highest BCUT2D eigenvalue weighted by atomic mass is 16.4. The van der Waals surface area contributed by atoms with Crippen LogP contribution in [0.3, 0.4) is 0 Å². The van der Waals surface area contributed by atoms with Gasteiger partial charge in [-0.2, -0.15) is 0 Å². The molecule has 0 aliphatic carbocycles. The fraction of sp³-hybridized carbons (Fsp3) is 0.500. The summed E-state index contributed by atoms with van der Waals surface area (Å²) in [5, 5.41) is 15.1. The van der Waals surface area contributed by atoms with Gasteiger partial charge in [-0.15, -0.1) is 0 Å². The Hall–Kier alpha value is -1.88. The molecule has 1 aliphatic rings. The fourth-order valence-corrected chi connectivity index (χ4v) is 2.60. The average molecular weight is 290 g/mol. The quantitative estimate of drug-likeness (QED) is 0.766. The van der Waals surface area contributed by atoms with Crippen LogP contribution in [0.1, 0.15) is 35.7 Å². The van der Waals surface area contributed by atoms with Gasteiger partial charge in [0, 0.05) is 13.1 Å². The molecule has 114 valence electrons. The third-order valence-electron chi connectivity index (χ3n) is 4.05. The van der Waals surface area contributed by atoms with Gasteiger partial charge in [0.25, 0.3) is 0 Å². The molecule has 5 nitrogen and oxygen atoms in total. The molecule has 1 unspecified atom stereocenters. The van der Waals surface area contributed by atoms with Gasteiger partial charge in [-0.05, 0) is 50.4 Å². The number of amides is 1. The van der Waals surface area contributed by atoms with Crippen LogP contribution in [0, 0.1) is 5.41 Å². The summed E-state index contributed by atoms with van der Waals surface area (Å²) in [6, 6.07) is 6.76. The van der Waals surface area contributed by atoms with E-state index in [1.165, 1.54) is 0 Å². The van der Waals surface area contributed by atoms with Crippen molar-refractivity contribution >= 4 is 11.9 Å². The molecule has 3 N–H and O–H groups in total. The molecular weight excluding hydrogens is 268 g/mol. The Balaban J connectivity index is 1.80. The maximum atomic E-state index is 12.2. The molecule has 1 aliphatic heterocycles. The number of carboxylic acid groups (broad SMARTS) is 1. The molecule has 1 amide bonds. The summed E-state index contributed by atoms with van der Waals surface area (Å²) in [7, 11) is 0. The number of aromatic carboxylic acids is 1. The minimum atomic E-state index is -0.924. The van der Waals surface area contributed by atoms with Crippen molar-refractivity contribution in [3.63, 3.8) is 0 Å². The summed E-state index contributed by atoms with van der Waals surface area (Å²) in [5.41, 5.74) is 0.988. The van der Waals surface area contributed by atoms with E-state index >= 15 is 0 Å². The Morgan fingerprint density at radius 2 is 2.05 bits per heavy atom. The van der Waals surface area contributed by atoms with Crippen molar-refractivity contribution in [1.82, 2.24) is 10.6 Å². The zero-order valence-corrected chi connectivity index (χ0v) is 12.3. The summed E-state index contributed by atoms with van der Waals surface area (Å²) < 4.78 is 0. The number of piperidine rings is 1. The van der Waals surface area contributed by atoms with E-state index in [1.807, 2.05) is 6.92 Å². The number of nitrogens with one attached hydrogen (secondary N) is 2. The van der Waals surface area contributed by atoms with Crippen molar-refractivity contribution in [2.45, 2.75) is 26.2 Å². The predicted octanol–water partition coefficient (Wildman–Crippen LogP) is 1.43. The van der Waals surface area contributed by atoms with Gasteiger partial charge in [-0.25, -0.2) is 4.79 Å². The lowest BCUT2D eigenvalue weighted by molar-refractivity contribution is -0.131. The molecule has 1 heterocycles. The molecule has 0 aromatic heterocycles. The van der Waals surface area contributed by atoms with Crippen LogP contribution in [-0.4, -0.2) is 36.6 Å². The van der Waals surface area contributed by atoms with Crippen molar-refractivity contribution < 1.29 is 14.7 Å². The van der Waals surface area contributed by atoms with E-state index in [1.54, 1.807) is 24.3 Å². The summed E-state index contributed by atoms with van der Waals surface area (Å²) in [5.74, 6) is -0.829. The highest BCUT2D eigenvalue weighted by molar-refractivity contribution is 5.87. The second-order valence-corrected chi connectivity index (χ2v) is 5.85. The van der Waals surface area contributed by atoms with E-state index in [0.717, 1.165) is 31.5 Å². The van der Waals surface area contributed by atoms with Gasteiger partial charge in [-0.3, -0.25) is 4.79 Å². The number of hydrogen-bond donors (Lipinski definition) is 3. The molecule has 0 spiro atoms. The Bertz CT molecular complexity index is 505. The normalized spacial score (nSPS) is 21.8. The smallest absolute Gasteiger partial charge is 0.335 e. The topological polar surface area (TPSA) is 78.4 Å². The summed E-state index contributed by atoms with van der Waals surface area (Å²) >= 11 is 0. The van der Waals surface area contributed by atoms with Gasteiger partial charge in [0.1, 0.15) is 0 Å². The molecule has 1 saturated heterocycles. The van der Waals surface area contributed by atoms with E-state index in [2.05, 4.69) is 10.6 Å². The van der Waals surface area contributed by atoms with Gasteiger partial charge in [0.15, 0.2) is 0 Å². The first-order chi connectivity index (χ1) is 10.0. The van der Waals surface area contributed by atoms with E-state index in [9.17, 15) is 9.59 Å². The second kappa shape index (κ2) is 6.72. The summed E-state index contributed by atoms with van der Waals surface area (Å²) in [4.78, 5) is 23.0. The molecule has 1 aromatic rings. The Kier molecular flexibility index (Phi) is 4.96. The summed E-state index contributed by atoms with van der Waals surface area (Å²) in [6.07, 6.45) is 2.65. The number of carbonyl (C=O) groups excluding carboxylic acids is 1. The predicted molar refractivity (Wildman–Crippen MR) is 80.3 cm³/mol. The van der Waals surface area contributed by atoms with E-state index in [-0.39, 0.29) is 16.9 Å². The minimum absolute atomic E-state index is 0.0943. The zero-order chi connectivity index (χ0) is 15.3. The van der Waals surface area contributed by atoms with Crippen LogP contribution in [0.2, 0.25) is 0 Å². The summed E-state index contributed by atoms with van der Waals surface area (Å²) in [6.45, 7) is 4.28. The fourth-order valence-electron chi connectivity index (χ4n) is 2.60. The van der Waals surface area contributed by atoms with Gasteiger partial charge in [-0.1, -0.05) is 12.1 Å². The molecular formula is C16H22N2O3. The standard InChI is InChI=1S/C16H22N2O3/c1-16(8-2-9-17-11-16)15(21)18-10-7-12-3-5-13(6-4-12)14(19)20/h3-6,17H,2,7-11H2,1H3,(H,18,21)(H,19,20). The van der Waals surface area contributed by atoms with Gasteiger partial charge in [0.2, 0.25) is 5.91 Å². The zero-order valence-electron chi connectivity index (χ0n) is 12.3. The van der Waals surface area contributed by atoms with Gasteiger partial charge >= 0.3 is 5.97 Å². The van der Waals surface area contributed by atoms with Crippen molar-refractivity contribution in [3.8, 4) is 0 Å². The first kappa shape index (κ1) is 15.5. The van der Waals surface area contributed by atoms with E-state index < -0.39 is 5.97 Å². The molecule has 5 heteroatoms. The monoisotopic (exact) mass is 290 g/mol. The molecule has 0 saturated carbocycles. The molecule has 1 fully saturated rings. The van der Waals surface area contributed by atoms with Crippen LogP contribution in [0.15, 0.2) is 24.3 Å². The van der Waals surface area contributed by atoms with E-state index in [4.69, 9.17) is 5.11 Å². The van der Waals surface area contributed by atoms with E-state index in [0.29, 0.717) is 13.0 Å². The highest BCUT2D eigenvalue weighted by Crippen LogP contribution is 2.25. The van der Waals surface area contributed by atoms with Crippen LogP contribution in [0.25, 0.3) is 0 Å². The maximum Gasteiger partial charge on any atom is 0.335 e. The molecule has 0 bridgehead atoms. The number of benzene rings is 1. The Morgan fingerprint density at radius 1 is 1.33 bits per heavy atom. The van der Waals surface area contributed by atoms with Crippen molar-refractivity contribution in [3.05, 3.63) is 35.4 Å². The second-order valence-electron chi connectivity index (χ2n) is 5.85. The van der Waals surface area contributed by atoms with Crippen LogP contribution in [-0.2, 0) is 11.2 Å². The lowest BCUT2D eigenvalue weighted by Crippen LogP contribution is -2.49. The van der Waals surface area contributed by atoms with Crippen LogP contribution >= 0.6 is 0 Å². The van der Waals surface area contributed by atoms with Gasteiger partial charge < -0.3 is 15.7 Å². The third-order valence-corrected chi connectivity index (χ3v) is 4.05. The molecule has 1 atom stereocenters. The van der Waals surface area contributed by atoms with Crippen molar-refractivity contribution in [2.75, 3.05) is 19.6 Å². The Labute approximate surface area is 124 Å². The van der Waals surface area contributed by atoms with Gasteiger partial charge in [0.05, 0.1) is 11.0 Å². The third kappa shape index (κ3) is 4.04. The number of carboxylic acids is 1. The maximum absolute atomic E-state index is 12.2. The highest BCUT2D eigenvalue weighted by Gasteiger charge is 2.34. The average Bonchev–Trinajstić information content (AvgIpc) is 2.48. The molecule has 1 aromatic carbocycles. The van der Waals surface area contributed by atoms with Crippen molar-refractivity contribution in [2.24, 2.45) is 5.41 Å². The lowest BCUT2D eigenvalue weighted by Gasteiger charge is -2.32. The SMILES string of the molecule is CC1(C(=O)NCCc2ccc(C(=O)O)cc2)CCCNC1. The molecule has 2 rings (SSSR count). The Morgan fingerprint density at radius 3 is 2.62 bits per heavy atom. The minimum Gasteiger partial charge on any atom is -0.478 e. The number of rotatable bonds is 5. The van der Waals surface area contributed by atoms with Crippen LogP contribution in [0.5, 0.6) is 0 Å². The first-order valence-electron chi connectivity index (χ1n) is 7.32. The number of hydrogen-bond acceptors (Lipinski definition) is 3. The first-order valence-corrected chi connectivity index (χ1v) is 7.32. The molecule has 21 heavy (non-hydrogen) atoms. The molecule has 0 radical (unpaired) electrons.